The summed E-state index contributed by atoms with van der Waals surface area (Å²) in [5.74, 6) is -1.17. The molecular weight excluding hydrogens is 282 g/mol. The van der Waals surface area contributed by atoms with Gasteiger partial charge in [-0.2, -0.15) is 0 Å². The standard InChI is InChI=1S/C17H17NO4/c1-11-4-6-12(7-5-11)18-15(19)9-8-13(17(20)21)16(18)14-3-2-10-22-14/h2-7,10,13,16H,8-9H2,1H3,(H,20,21). The third-order valence-electron chi connectivity index (χ3n) is 4.06. The highest BCUT2D eigenvalue weighted by atomic mass is 16.4. The number of carbonyl (C=O) groups is 2. The summed E-state index contributed by atoms with van der Waals surface area (Å²) >= 11 is 0. The van der Waals surface area contributed by atoms with Gasteiger partial charge in [0.2, 0.25) is 5.91 Å². The van der Waals surface area contributed by atoms with E-state index in [-0.39, 0.29) is 12.3 Å². The van der Waals surface area contributed by atoms with Crippen molar-refractivity contribution in [2.75, 3.05) is 4.90 Å². The van der Waals surface area contributed by atoms with Gasteiger partial charge in [0, 0.05) is 12.1 Å². The van der Waals surface area contributed by atoms with Crippen LogP contribution in [-0.2, 0) is 9.59 Å². The van der Waals surface area contributed by atoms with E-state index in [1.807, 2.05) is 31.2 Å². The third kappa shape index (κ3) is 2.50. The number of benzene rings is 1. The second-order valence-corrected chi connectivity index (χ2v) is 5.54. The Hall–Kier alpha value is -2.56. The molecule has 5 nitrogen and oxygen atoms in total. The number of hydrogen-bond donors (Lipinski definition) is 1. The second-order valence-electron chi connectivity index (χ2n) is 5.54. The smallest absolute Gasteiger partial charge is 0.309 e. The van der Waals surface area contributed by atoms with Crippen LogP contribution < -0.4 is 4.90 Å². The molecule has 0 aliphatic carbocycles. The fourth-order valence-electron chi connectivity index (χ4n) is 2.95. The molecule has 114 valence electrons. The first-order chi connectivity index (χ1) is 10.6. The van der Waals surface area contributed by atoms with Crippen LogP contribution in [0.1, 0.15) is 30.2 Å². The van der Waals surface area contributed by atoms with Crippen molar-refractivity contribution in [2.24, 2.45) is 5.92 Å². The van der Waals surface area contributed by atoms with Crippen molar-refractivity contribution >= 4 is 17.6 Å². The maximum absolute atomic E-state index is 12.4. The van der Waals surface area contributed by atoms with Crippen LogP contribution in [0.2, 0.25) is 0 Å². The Balaban J connectivity index is 2.07. The van der Waals surface area contributed by atoms with Crippen molar-refractivity contribution in [2.45, 2.75) is 25.8 Å². The van der Waals surface area contributed by atoms with Crippen LogP contribution in [0.4, 0.5) is 5.69 Å². The molecule has 2 atom stereocenters. The van der Waals surface area contributed by atoms with E-state index in [0.29, 0.717) is 17.9 Å². The zero-order valence-corrected chi connectivity index (χ0v) is 12.2. The molecule has 0 bridgehead atoms. The number of piperidine rings is 1. The van der Waals surface area contributed by atoms with E-state index in [0.717, 1.165) is 5.56 Å². The zero-order valence-electron chi connectivity index (χ0n) is 12.2. The van der Waals surface area contributed by atoms with Crippen LogP contribution in [0.3, 0.4) is 0 Å². The average molecular weight is 299 g/mol. The van der Waals surface area contributed by atoms with Crippen molar-refractivity contribution in [1.82, 2.24) is 0 Å². The van der Waals surface area contributed by atoms with E-state index in [9.17, 15) is 14.7 Å². The highest BCUT2D eigenvalue weighted by molar-refractivity contribution is 5.96. The van der Waals surface area contributed by atoms with Crippen LogP contribution >= 0.6 is 0 Å². The van der Waals surface area contributed by atoms with E-state index in [2.05, 4.69) is 0 Å². The molecule has 2 unspecified atom stereocenters. The molecular formula is C17H17NO4. The lowest BCUT2D eigenvalue weighted by atomic mass is 9.86. The second kappa shape index (κ2) is 5.67. The number of nitrogens with zero attached hydrogens (tertiary/aromatic N) is 1. The summed E-state index contributed by atoms with van der Waals surface area (Å²) in [6.45, 7) is 1.96. The molecule has 22 heavy (non-hydrogen) atoms. The fraction of sp³-hybridized carbons (Fsp3) is 0.294. The Morgan fingerprint density at radius 2 is 2.00 bits per heavy atom. The quantitative estimate of drug-likeness (QED) is 0.945. The molecule has 2 aromatic rings. The summed E-state index contributed by atoms with van der Waals surface area (Å²) in [4.78, 5) is 25.6. The highest BCUT2D eigenvalue weighted by Crippen LogP contribution is 2.40. The molecule has 1 N–H and O–H groups in total. The van der Waals surface area contributed by atoms with Gasteiger partial charge in [0.05, 0.1) is 12.2 Å². The normalized spacial score (nSPS) is 21.9. The summed E-state index contributed by atoms with van der Waals surface area (Å²) in [5.41, 5.74) is 1.78. The van der Waals surface area contributed by atoms with Gasteiger partial charge >= 0.3 is 5.97 Å². The molecule has 1 aliphatic rings. The third-order valence-corrected chi connectivity index (χ3v) is 4.06. The van der Waals surface area contributed by atoms with Gasteiger partial charge in [-0.05, 0) is 37.6 Å². The minimum Gasteiger partial charge on any atom is -0.481 e. The Labute approximate surface area is 128 Å². The molecule has 0 spiro atoms. The van der Waals surface area contributed by atoms with Crippen molar-refractivity contribution in [1.29, 1.82) is 0 Å². The van der Waals surface area contributed by atoms with E-state index in [4.69, 9.17) is 4.42 Å². The lowest BCUT2D eigenvalue weighted by Gasteiger charge is -2.38. The molecule has 1 fully saturated rings. The Morgan fingerprint density at radius 1 is 1.27 bits per heavy atom. The maximum Gasteiger partial charge on any atom is 0.309 e. The van der Waals surface area contributed by atoms with Gasteiger partial charge in [-0.1, -0.05) is 17.7 Å². The number of amides is 1. The van der Waals surface area contributed by atoms with Crippen molar-refractivity contribution in [3.05, 3.63) is 54.0 Å². The minimum atomic E-state index is -0.911. The SMILES string of the molecule is Cc1ccc(N2C(=O)CCC(C(=O)O)C2c2ccco2)cc1. The van der Waals surface area contributed by atoms with E-state index in [1.54, 1.807) is 17.0 Å². The highest BCUT2D eigenvalue weighted by Gasteiger charge is 2.42. The Bertz CT molecular complexity index is 675. The molecule has 1 aromatic heterocycles. The molecule has 1 aliphatic heterocycles. The summed E-state index contributed by atoms with van der Waals surface area (Å²) in [7, 11) is 0. The topological polar surface area (TPSA) is 70.8 Å². The van der Waals surface area contributed by atoms with Crippen LogP contribution in [0.5, 0.6) is 0 Å². The number of carboxylic acid groups (broad SMARTS) is 1. The number of carbonyl (C=O) groups excluding carboxylic acids is 1. The van der Waals surface area contributed by atoms with Gasteiger partial charge in [0.15, 0.2) is 0 Å². The van der Waals surface area contributed by atoms with Gasteiger partial charge in [0.1, 0.15) is 11.8 Å². The predicted molar refractivity (Wildman–Crippen MR) is 80.5 cm³/mol. The number of hydrogen-bond acceptors (Lipinski definition) is 3. The Kier molecular flexibility index (Phi) is 3.71. The van der Waals surface area contributed by atoms with Gasteiger partial charge in [-0.25, -0.2) is 0 Å². The van der Waals surface area contributed by atoms with Crippen LogP contribution in [0.15, 0.2) is 47.1 Å². The first kappa shape index (κ1) is 14.4. The van der Waals surface area contributed by atoms with Gasteiger partial charge in [0.25, 0.3) is 0 Å². The number of anilines is 1. The lowest BCUT2D eigenvalue weighted by Crippen LogP contribution is -2.45. The van der Waals surface area contributed by atoms with E-state index in [1.165, 1.54) is 6.26 Å². The number of aryl methyl sites for hydroxylation is 1. The van der Waals surface area contributed by atoms with E-state index < -0.39 is 17.9 Å². The summed E-state index contributed by atoms with van der Waals surface area (Å²) in [5, 5.41) is 9.52. The first-order valence-corrected chi connectivity index (χ1v) is 7.23. The van der Waals surface area contributed by atoms with Crippen molar-refractivity contribution in [3.8, 4) is 0 Å². The number of aliphatic carboxylic acids is 1. The maximum atomic E-state index is 12.4. The molecule has 3 rings (SSSR count). The number of rotatable bonds is 3. The first-order valence-electron chi connectivity index (χ1n) is 7.23. The van der Waals surface area contributed by atoms with Crippen LogP contribution in [0, 0.1) is 12.8 Å². The lowest BCUT2D eigenvalue weighted by molar-refractivity contribution is -0.144. The van der Waals surface area contributed by atoms with Crippen molar-refractivity contribution in [3.63, 3.8) is 0 Å². The van der Waals surface area contributed by atoms with Crippen LogP contribution in [0.25, 0.3) is 0 Å². The summed E-state index contributed by atoms with van der Waals surface area (Å²) in [6, 6.07) is 10.3. The molecule has 1 aromatic carbocycles. The molecule has 5 heteroatoms. The van der Waals surface area contributed by atoms with Gasteiger partial charge in [-0.15, -0.1) is 0 Å². The van der Waals surface area contributed by atoms with Gasteiger partial charge < -0.3 is 14.4 Å². The fourth-order valence-corrected chi connectivity index (χ4v) is 2.95. The number of carboxylic acids is 1. The van der Waals surface area contributed by atoms with Gasteiger partial charge in [-0.3, -0.25) is 9.59 Å². The molecule has 2 heterocycles. The monoisotopic (exact) mass is 299 g/mol. The van der Waals surface area contributed by atoms with Crippen molar-refractivity contribution < 1.29 is 19.1 Å². The predicted octanol–water partition coefficient (Wildman–Crippen LogP) is 3.16. The molecule has 1 saturated heterocycles. The summed E-state index contributed by atoms with van der Waals surface area (Å²) in [6.07, 6.45) is 2.05. The average Bonchev–Trinajstić information content (AvgIpc) is 3.01. The molecule has 0 radical (unpaired) electrons. The molecule has 1 amide bonds. The zero-order chi connectivity index (χ0) is 15.7. The Morgan fingerprint density at radius 3 is 2.59 bits per heavy atom. The van der Waals surface area contributed by atoms with Crippen LogP contribution in [-0.4, -0.2) is 17.0 Å². The largest absolute Gasteiger partial charge is 0.481 e. The molecule has 0 saturated carbocycles. The minimum absolute atomic E-state index is 0.0808. The summed E-state index contributed by atoms with van der Waals surface area (Å²) < 4.78 is 5.42. The van der Waals surface area contributed by atoms with E-state index >= 15 is 0 Å². The number of furan rings is 1.